The summed E-state index contributed by atoms with van der Waals surface area (Å²) in [5.41, 5.74) is 2.54. The minimum absolute atomic E-state index is 0.163. The van der Waals surface area contributed by atoms with Crippen LogP contribution in [0, 0.1) is 6.92 Å². The van der Waals surface area contributed by atoms with Crippen molar-refractivity contribution in [1.82, 2.24) is 0 Å². The zero-order valence-electron chi connectivity index (χ0n) is 15.9. The normalized spacial score (nSPS) is 12.1. The third-order valence-electron chi connectivity index (χ3n) is 4.56. The molecule has 0 aromatic heterocycles. The molecule has 0 aliphatic carbocycles. The summed E-state index contributed by atoms with van der Waals surface area (Å²) in [4.78, 5) is 0.163. The molecule has 0 spiro atoms. The molecule has 4 aromatic rings. The van der Waals surface area contributed by atoms with Crippen LogP contribution in [0.3, 0.4) is 0 Å². The van der Waals surface area contributed by atoms with Crippen molar-refractivity contribution in [3.8, 4) is 0 Å². The first-order valence-corrected chi connectivity index (χ1v) is 10.7. The van der Waals surface area contributed by atoms with E-state index in [0.29, 0.717) is 5.56 Å². The lowest BCUT2D eigenvalue weighted by molar-refractivity contribution is 0.598. The number of hydrogen-bond donors (Lipinski definition) is 1. The molecular weight excluding hydrogens is 380 g/mol. The number of rotatable bonds is 4. The summed E-state index contributed by atoms with van der Waals surface area (Å²) in [6.07, 6.45) is 0. The van der Waals surface area contributed by atoms with Crippen molar-refractivity contribution in [2.45, 2.75) is 11.8 Å². The van der Waals surface area contributed by atoms with E-state index in [0.717, 1.165) is 22.0 Å². The number of anilines is 1. The maximum Gasteiger partial charge on any atom is 0.284 e. The molecule has 0 atom stereocenters. The van der Waals surface area contributed by atoms with E-state index < -0.39 is 10.0 Å². The molecule has 0 aliphatic heterocycles. The smallest absolute Gasteiger partial charge is 0.284 e. The molecule has 5 heteroatoms. The Balaban J connectivity index is 1.79. The summed E-state index contributed by atoms with van der Waals surface area (Å²) in [6.45, 7) is 1.98. The lowest BCUT2D eigenvalue weighted by Crippen LogP contribution is -2.16. The fourth-order valence-electron chi connectivity index (χ4n) is 3.10. The predicted octanol–water partition coefficient (Wildman–Crippen LogP) is 5.40. The Morgan fingerprint density at radius 1 is 0.759 bits per heavy atom. The molecule has 0 aliphatic rings. The molecule has 29 heavy (non-hydrogen) atoms. The molecule has 4 rings (SSSR count). The third-order valence-corrected chi connectivity index (χ3v) is 5.83. The van der Waals surface area contributed by atoms with Crippen LogP contribution in [-0.4, -0.2) is 14.3 Å². The molecule has 4 nitrogen and oxygen atoms in total. The Morgan fingerprint density at radius 3 is 2.24 bits per heavy atom. The summed E-state index contributed by atoms with van der Waals surface area (Å²) < 4.78 is 30.3. The summed E-state index contributed by atoms with van der Waals surface area (Å²) in [5, 5.41) is 5.01. The van der Waals surface area contributed by atoms with Crippen LogP contribution in [0.5, 0.6) is 0 Å². The number of amidine groups is 1. The topological polar surface area (TPSA) is 58.5 Å². The number of nitrogens with one attached hydrogen (secondary N) is 1. The van der Waals surface area contributed by atoms with Crippen LogP contribution in [0.15, 0.2) is 106 Å². The molecule has 1 N–H and O–H groups in total. The van der Waals surface area contributed by atoms with Gasteiger partial charge in [0, 0.05) is 11.3 Å². The lowest BCUT2D eigenvalue weighted by atomic mass is 10.1. The van der Waals surface area contributed by atoms with Gasteiger partial charge in [-0.3, -0.25) is 0 Å². The zero-order chi connectivity index (χ0) is 20.3. The minimum Gasteiger partial charge on any atom is -0.339 e. The summed E-state index contributed by atoms with van der Waals surface area (Å²) in [7, 11) is -3.90. The number of benzene rings is 4. The Kier molecular flexibility index (Phi) is 5.14. The highest BCUT2D eigenvalue weighted by Gasteiger charge is 2.16. The maximum atomic E-state index is 13.1. The van der Waals surface area contributed by atoms with Crippen molar-refractivity contribution in [3.63, 3.8) is 0 Å². The first kappa shape index (κ1) is 18.9. The Bertz CT molecular complexity index is 1300. The van der Waals surface area contributed by atoms with Crippen molar-refractivity contribution in [3.05, 3.63) is 108 Å². The molecule has 0 fully saturated rings. The second kappa shape index (κ2) is 7.89. The number of fused-ring (bicyclic) bond motifs is 1. The standard InChI is InChI=1S/C24H20N2O2S/c1-18-8-7-13-22(16-18)25-24(20-10-3-2-4-11-20)26-29(27,28)23-15-14-19-9-5-6-12-21(19)17-23/h2-17H,1H3,(H,25,26). The fourth-order valence-corrected chi connectivity index (χ4v) is 4.12. The molecular formula is C24H20N2O2S. The Labute approximate surface area is 170 Å². The number of aryl methyl sites for hydroxylation is 1. The zero-order valence-corrected chi connectivity index (χ0v) is 16.7. The molecule has 0 unspecified atom stereocenters. The van der Waals surface area contributed by atoms with Crippen LogP contribution in [0.1, 0.15) is 11.1 Å². The molecule has 0 amide bonds. The van der Waals surface area contributed by atoms with Gasteiger partial charge >= 0.3 is 0 Å². The quantitative estimate of drug-likeness (QED) is 0.369. The van der Waals surface area contributed by atoms with E-state index in [1.807, 2.05) is 85.8 Å². The largest absolute Gasteiger partial charge is 0.339 e. The second-order valence-electron chi connectivity index (χ2n) is 6.78. The number of hydrogen-bond acceptors (Lipinski definition) is 2. The van der Waals surface area contributed by atoms with Crippen molar-refractivity contribution < 1.29 is 8.42 Å². The predicted molar refractivity (Wildman–Crippen MR) is 119 cm³/mol. The fraction of sp³-hybridized carbons (Fsp3) is 0.0417. The average Bonchev–Trinajstić information content (AvgIpc) is 2.73. The molecule has 0 heterocycles. The van der Waals surface area contributed by atoms with Gasteiger partial charge in [0.2, 0.25) is 0 Å². The van der Waals surface area contributed by atoms with Gasteiger partial charge in [0.15, 0.2) is 5.84 Å². The lowest BCUT2D eigenvalue weighted by Gasteiger charge is -2.11. The monoisotopic (exact) mass is 400 g/mol. The van der Waals surface area contributed by atoms with Crippen LogP contribution in [0.4, 0.5) is 5.69 Å². The number of sulfonamides is 1. The summed E-state index contributed by atoms with van der Waals surface area (Å²) in [6, 6.07) is 29.7. The van der Waals surface area contributed by atoms with E-state index >= 15 is 0 Å². The van der Waals surface area contributed by atoms with Crippen LogP contribution in [-0.2, 0) is 10.0 Å². The van der Waals surface area contributed by atoms with Crippen molar-refractivity contribution in [1.29, 1.82) is 0 Å². The van der Waals surface area contributed by atoms with Crippen LogP contribution < -0.4 is 5.32 Å². The van der Waals surface area contributed by atoms with E-state index in [1.54, 1.807) is 18.2 Å². The maximum absolute atomic E-state index is 13.1. The van der Waals surface area contributed by atoms with Crippen molar-refractivity contribution in [2.75, 3.05) is 5.32 Å². The van der Waals surface area contributed by atoms with Crippen LogP contribution in [0.25, 0.3) is 10.8 Å². The highest BCUT2D eigenvalue weighted by Crippen LogP contribution is 2.22. The van der Waals surface area contributed by atoms with E-state index in [1.165, 1.54) is 0 Å². The van der Waals surface area contributed by atoms with Gasteiger partial charge in [-0.25, -0.2) is 0 Å². The van der Waals surface area contributed by atoms with E-state index in [2.05, 4.69) is 9.71 Å². The van der Waals surface area contributed by atoms with E-state index in [4.69, 9.17) is 0 Å². The van der Waals surface area contributed by atoms with Gasteiger partial charge in [0.1, 0.15) is 0 Å². The molecule has 0 bridgehead atoms. The van der Waals surface area contributed by atoms with Gasteiger partial charge in [0.05, 0.1) is 4.90 Å². The first-order valence-electron chi connectivity index (χ1n) is 9.24. The van der Waals surface area contributed by atoms with Crippen LogP contribution >= 0.6 is 0 Å². The van der Waals surface area contributed by atoms with Gasteiger partial charge in [-0.15, -0.1) is 4.40 Å². The van der Waals surface area contributed by atoms with Crippen LogP contribution in [0.2, 0.25) is 0 Å². The molecule has 0 saturated heterocycles. The minimum atomic E-state index is -3.90. The first-order chi connectivity index (χ1) is 14.0. The second-order valence-corrected chi connectivity index (χ2v) is 8.39. The van der Waals surface area contributed by atoms with Gasteiger partial charge < -0.3 is 5.32 Å². The van der Waals surface area contributed by atoms with Crippen molar-refractivity contribution in [2.24, 2.45) is 4.40 Å². The van der Waals surface area contributed by atoms with Gasteiger partial charge in [0.25, 0.3) is 10.0 Å². The SMILES string of the molecule is Cc1cccc(N/C(=N/S(=O)(=O)c2ccc3ccccc3c2)c2ccccc2)c1. The average molecular weight is 401 g/mol. The molecule has 0 radical (unpaired) electrons. The summed E-state index contributed by atoms with van der Waals surface area (Å²) in [5.74, 6) is 0.282. The van der Waals surface area contributed by atoms with E-state index in [9.17, 15) is 8.42 Å². The molecule has 4 aromatic carbocycles. The molecule has 0 saturated carbocycles. The van der Waals surface area contributed by atoms with E-state index in [-0.39, 0.29) is 10.7 Å². The van der Waals surface area contributed by atoms with Gasteiger partial charge in [-0.2, -0.15) is 8.42 Å². The third kappa shape index (κ3) is 4.36. The highest BCUT2D eigenvalue weighted by atomic mass is 32.2. The van der Waals surface area contributed by atoms with Gasteiger partial charge in [-0.1, -0.05) is 72.8 Å². The Hall–Kier alpha value is -3.44. The van der Waals surface area contributed by atoms with Crippen molar-refractivity contribution >= 4 is 32.3 Å². The number of nitrogens with zero attached hydrogens (tertiary/aromatic N) is 1. The Morgan fingerprint density at radius 2 is 1.48 bits per heavy atom. The summed E-state index contributed by atoms with van der Waals surface area (Å²) >= 11 is 0. The molecule has 144 valence electrons. The van der Waals surface area contributed by atoms with Gasteiger partial charge in [-0.05, 0) is 47.5 Å². The highest BCUT2D eigenvalue weighted by molar-refractivity contribution is 7.90.